The lowest BCUT2D eigenvalue weighted by Gasteiger charge is -2.31. The molecule has 0 aliphatic carbocycles. The van der Waals surface area contributed by atoms with Gasteiger partial charge < -0.3 is 14.9 Å². The number of halogens is 1. The fourth-order valence-corrected chi connectivity index (χ4v) is 2.88. The molecule has 0 aromatic heterocycles. The quantitative estimate of drug-likeness (QED) is 0.786. The summed E-state index contributed by atoms with van der Waals surface area (Å²) in [6.07, 6.45) is 0. The van der Waals surface area contributed by atoms with Crippen molar-refractivity contribution in [3.05, 3.63) is 66.0 Å². The van der Waals surface area contributed by atoms with Gasteiger partial charge >= 0.3 is 5.97 Å². The van der Waals surface area contributed by atoms with E-state index >= 15 is 0 Å². The molecule has 1 amide bonds. The molecule has 0 radical (unpaired) electrons. The third kappa shape index (κ3) is 5.05. The molecule has 0 saturated heterocycles. The lowest BCUT2D eigenvalue weighted by atomic mass is 10.1. The van der Waals surface area contributed by atoms with Crippen molar-refractivity contribution < 1.29 is 19.1 Å². The average Bonchev–Trinajstić information content (AvgIpc) is 2.62. The Kier molecular flexibility index (Phi) is 6.72. The van der Waals surface area contributed by atoms with Gasteiger partial charge in [-0.05, 0) is 43.7 Å². The Morgan fingerprint density at radius 3 is 2.19 bits per heavy atom. The van der Waals surface area contributed by atoms with Crippen molar-refractivity contribution >= 4 is 17.6 Å². The van der Waals surface area contributed by atoms with Crippen LogP contribution in [0.3, 0.4) is 0 Å². The maximum atomic E-state index is 13.1. The SMILES string of the molecule is CCN(C(=O)CN(CC(=O)O)c1ccccc1)C(C)c1ccc(F)cc1. The van der Waals surface area contributed by atoms with E-state index in [-0.39, 0.29) is 30.9 Å². The van der Waals surface area contributed by atoms with Crippen LogP contribution in [0.25, 0.3) is 0 Å². The third-order valence-corrected chi connectivity index (χ3v) is 4.25. The number of nitrogens with zero attached hydrogens (tertiary/aromatic N) is 2. The first-order valence-electron chi connectivity index (χ1n) is 8.49. The Morgan fingerprint density at radius 1 is 1.04 bits per heavy atom. The van der Waals surface area contributed by atoms with Crippen LogP contribution in [0.15, 0.2) is 54.6 Å². The van der Waals surface area contributed by atoms with Gasteiger partial charge in [0.15, 0.2) is 0 Å². The normalized spacial score (nSPS) is 11.7. The molecule has 0 fully saturated rings. The topological polar surface area (TPSA) is 60.9 Å². The van der Waals surface area contributed by atoms with E-state index in [0.717, 1.165) is 5.56 Å². The average molecular weight is 358 g/mol. The molecule has 1 N–H and O–H groups in total. The number of carboxylic acids is 1. The second kappa shape index (κ2) is 8.99. The fraction of sp³-hybridized carbons (Fsp3) is 0.300. The Balaban J connectivity index is 2.17. The molecule has 5 nitrogen and oxygen atoms in total. The van der Waals surface area contributed by atoms with Crippen LogP contribution in [0.2, 0.25) is 0 Å². The standard InChI is InChI=1S/C20H23FN2O3/c1-3-23(15(2)16-9-11-17(21)12-10-16)19(24)13-22(14-20(25)26)18-7-5-4-6-8-18/h4-12,15H,3,13-14H2,1-2H3,(H,25,26). The molecule has 2 rings (SSSR count). The molecule has 0 aliphatic heterocycles. The lowest BCUT2D eigenvalue weighted by molar-refractivity contribution is -0.135. The summed E-state index contributed by atoms with van der Waals surface area (Å²) in [7, 11) is 0. The Morgan fingerprint density at radius 2 is 1.65 bits per heavy atom. The van der Waals surface area contributed by atoms with Crippen molar-refractivity contribution in [2.24, 2.45) is 0 Å². The van der Waals surface area contributed by atoms with Gasteiger partial charge in [-0.25, -0.2) is 4.39 Å². The summed E-state index contributed by atoms with van der Waals surface area (Å²) in [6, 6.07) is 14.8. The van der Waals surface area contributed by atoms with Gasteiger partial charge in [-0.1, -0.05) is 30.3 Å². The van der Waals surface area contributed by atoms with Crippen LogP contribution in [0.4, 0.5) is 10.1 Å². The highest BCUT2D eigenvalue weighted by atomic mass is 19.1. The van der Waals surface area contributed by atoms with Crippen molar-refractivity contribution in [2.75, 3.05) is 24.5 Å². The summed E-state index contributed by atoms with van der Waals surface area (Å²) in [6.45, 7) is 3.89. The van der Waals surface area contributed by atoms with Gasteiger partial charge in [0.25, 0.3) is 0 Å². The zero-order valence-electron chi connectivity index (χ0n) is 14.9. The van der Waals surface area contributed by atoms with E-state index in [0.29, 0.717) is 12.2 Å². The number of carboxylic acid groups (broad SMARTS) is 1. The minimum absolute atomic E-state index is 0.0459. The minimum Gasteiger partial charge on any atom is -0.480 e. The van der Waals surface area contributed by atoms with E-state index in [2.05, 4.69) is 0 Å². The molecule has 2 aromatic carbocycles. The summed E-state index contributed by atoms with van der Waals surface area (Å²) in [5.41, 5.74) is 1.50. The van der Waals surface area contributed by atoms with Crippen LogP contribution in [0.1, 0.15) is 25.5 Å². The number of hydrogen-bond acceptors (Lipinski definition) is 3. The number of benzene rings is 2. The second-order valence-electron chi connectivity index (χ2n) is 5.99. The van der Waals surface area contributed by atoms with Gasteiger partial charge in [0, 0.05) is 12.2 Å². The molecule has 0 bridgehead atoms. The van der Waals surface area contributed by atoms with Gasteiger partial charge in [0.2, 0.25) is 5.91 Å². The number of likely N-dealkylation sites (N-methyl/N-ethyl adjacent to an activating group) is 1. The number of para-hydroxylation sites is 1. The van der Waals surface area contributed by atoms with Gasteiger partial charge in [-0.3, -0.25) is 9.59 Å². The Labute approximate surface area is 152 Å². The highest BCUT2D eigenvalue weighted by Crippen LogP contribution is 2.21. The van der Waals surface area contributed by atoms with E-state index in [9.17, 15) is 14.0 Å². The van der Waals surface area contributed by atoms with Crippen LogP contribution < -0.4 is 4.90 Å². The molecule has 1 atom stereocenters. The van der Waals surface area contributed by atoms with Crippen LogP contribution in [-0.4, -0.2) is 41.5 Å². The molecule has 0 heterocycles. The number of anilines is 1. The predicted octanol–water partition coefficient (Wildman–Crippen LogP) is 3.33. The van der Waals surface area contributed by atoms with Crippen LogP contribution in [0.5, 0.6) is 0 Å². The maximum absolute atomic E-state index is 13.1. The molecule has 1 unspecified atom stereocenters. The summed E-state index contributed by atoms with van der Waals surface area (Å²) in [5.74, 6) is -1.52. The van der Waals surface area contributed by atoms with E-state index in [4.69, 9.17) is 5.11 Å². The molecule has 6 heteroatoms. The fourth-order valence-electron chi connectivity index (χ4n) is 2.88. The number of rotatable bonds is 8. The van der Waals surface area contributed by atoms with Crippen LogP contribution >= 0.6 is 0 Å². The van der Waals surface area contributed by atoms with Crippen molar-refractivity contribution in [1.82, 2.24) is 4.90 Å². The lowest BCUT2D eigenvalue weighted by Crippen LogP contribution is -2.43. The van der Waals surface area contributed by atoms with Crippen molar-refractivity contribution in [2.45, 2.75) is 19.9 Å². The zero-order chi connectivity index (χ0) is 19.1. The molecule has 2 aromatic rings. The van der Waals surface area contributed by atoms with Gasteiger partial charge in [-0.15, -0.1) is 0 Å². The first-order chi connectivity index (χ1) is 12.4. The number of amides is 1. The number of hydrogen-bond donors (Lipinski definition) is 1. The first kappa shape index (κ1) is 19.4. The van der Waals surface area contributed by atoms with E-state index < -0.39 is 5.97 Å². The molecule has 138 valence electrons. The van der Waals surface area contributed by atoms with Gasteiger partial charge in [0.05, 0.1) is 12.6 Å². The zero-order valence-corrected chi connectivity index (χ0v) is 14.9. The third-order valence-electron chi connectivity index (χ3n) is 4.25. The number of carbonyl (C=O) groups excluding carboxylic acids is 1. The van der Waals surface area contributed by atoms with E-state index in [1.54, 1.807) is 41.3 Å². The Hall–Kier alpha value is -2.89. The Bertz CT molecular complexity index is 734. The summed E-state index contributed by atoms with van der Waals surface area (Å²) in [5, 5.41) is 9.17. The largest absolute Gasteiger partial charge is 0.480 e. The van der Waals surface area contributed by atoms with E-state index in [1.807, 2.05) is 19.9 Å². The van der Waals surface area contributed by atoms with E-state index in [1.165, 1.54) is 17.0 Å². The highest BCUT2D eigenvalue weighted by Gasteiger charge is 2.23. The summed E-state index contributed by atoms with van der Waals surface area (Å²) < 4.78 is 13.1. The van der Waals surface area contributed by atoms with Gasteiger partial charge in [0.1, 0.15) is 12.4 Å². The van der Waals surface area contributed by atoms with Crippen LogP contribution in [0, 0.1) is 5.82 Å². The summed E-state index contributed by atoms with van der Waals surface area (Å²) >= 11 is 0. The smallest absolute Gasteiger partial charge is 0.323 e. The maximum Gasteiger partial charge on any atom is 0.323 e. The number of aliphatic carboxylic acids is 1. The highest BCUT2D eigenvalue weighted by molar-refractivity contribution is 5.84. The van der Waals surface area contributed by atoms with Crippen molar-refractivity contribution in [3.8, 4) is 0 Å². The number of carbonyl (C=O) groups is 2. The molecule has 26 heavy (non-hydrogen) atoms. The predicted molar refractivity (Wildman–Crippen MR) is 98.5 cm³/mol. The van der Waals surface area contributed by atoms with Gasteiger partial charge in [-0.2, -0.15) is 0 Å². The molecule has 0 saturated carbocycles. The first-order valence-corrected chi connectivity index (χ1v) is 8.49. The van der Waals surface area contributed by atoms with Crippen LogP contribution in [-0.2, 0) is 9.59 Å². The summed E-state index contributed by atoms with van der Waals surface area (Å²) in [4.78, 5) is 27.2. The molecular formula is C20H23FN2O3. The molecule has 0 spiro atoms. The monoisotopic (exact) mass is 358 g/mol. The molecular weight excluding hydrogens is 335 g/mol. The van der Waals surface area contributed by atoms with Crippen molar-refractivity contribution in [1.29, 1.82) is 0 Å². The van der Waals surface area contributed by atoms with Crippen molar-refractivity contribution in [3.63, 3.8) is 0 Å². The second-order valence-corrected chi connectivity index (χ2v) is 5.99. The molecule has 0 aliphatic rings. The minimum atomic E-state index is -1.00.